The van der Waals surface area contributed by atoms with Gasteiger partial charge in [-0.15, -0.1) is 0 Å². The molecule has 0 fully saturated rings. The third-order valence-electron chi connectivity index (χ3n) is 2.45. The molecule has 3 nitrogen and oxygen atoms in total. The number of benzene rings is 1. The van der Waals surface area contributed by atoms with Crippen molar-refractivity contribution in [3.63, 3.8) is 0 Å². The van der Waals surface area contributed by atoms with Gasteiger partial charge in [0.05, 0.1) is 24.3 Å². The zero-order chi connectivity index (χ0) is 12.8. The predicted molar refractivity (Wildman–Crippen MR) is 68.9 cm³/mol. The Labute approximate surface area is 107 Å². The lowest BCUT2D eigenvalue weighted by atomic mass is 10.2. The number of hydrogen-bond donors (Lipinski definition) is 1. The predicted octanol–water partition coefficient (Wildman–Crippen LogP) is 3.41. The molecule has 0 spiro atoms. The minimum absolute atomic E-state index is 0.0661. The lowest BCUT2D eigenvalue weighted by Crippen LogP contribution is -2.11. The molecule has 1 rings (SSSR count). The molecule has 0 aromatic heterocycles. The highest BCUT2D eigenvalue weighted by Gasteiger charge is 2.14. The van der Waals surface area contributed by atoms with Gasteiger partial charge in [0.25, 0.3) is 0 Å². The Morgan fingerprint density at radius 3 is 2.59 bits per heavy atom. The van der Waals surface area contributed by atoms with Crippen LogP contribution in [0.15, 0.2) is 12.1 Å². The second-order valence-electron chi connectivity index (χ2n) is 3.83. The Morgan fingerprint density at radius 1 is 1.35 bits per heavy atom. The van der Waals surface area contributed by atoms with Crippen LogP contribution in [0.5, 0.6) is 11.5 Å². The van der Waals surface area contributed by atoms with Crippen LogP contribution in [0.3, 0.4) is 0 Å². The molecule has 1 atom stereocenters. The van der Waals surface area contributed by atoms with Crippen molar-refractivity contribution < 1.29 is 14.6 Å². The van der Waals surface area contributed by atoms with Gasteiger partial charge in [0.15, 0.2) is 11.5 Å². The van der Waals surface area contributed by atoms with Gasteiger partial charge in [-0.25, -0.2) is 0 Å². The zero-order valence-electron chi connectivity index (χ0n) is 10.5. The van der Waals surface area contributed by atoms with Gasteiger partial charge >= 0.3 is 0 Å². The Balaban J connectivity index is 3.07. The fourth-order valence-corrected chi connectivity index (χ4v) is 1.65. The lowest BCUT2D eigenvalue weighted by Gasteiger charge is -2.18. The Kier molecular flexibility index (Phi) is 5.59. The quantitative estimate of drug-likeness (QED) is 0.850. The van der Waals surface area contributed by atoms with Gasteiger partial charge in [-0.3, -0.25) is 0 Å². The summed E-state index contributed by atoms with van der Waals surface area (Å²) < 4.78 is 11.2. The van der Waals surface area contributed by atoms with Crippen LogP contribution < -0.4 is 9.47 Å². The fourth-order valence-electron chi connectivity index (χ4n) is 1.37. The molecule has 0 aliphatic heterocycles. The van der Waals surface area contributed by atoms with Crippen LogP contribution in [-0.2, 0) is 6.61 Å². The summed E-state index contributed by atoms with van der Waals surface area (Å²) >= 11 is 6.13. The fraction of sp³-hybridized carbons (Fsp3) is 0.538. The molecule has 17 heavy (non-hydrogen) atoms. The number of aliphatic hydroxyl groups is 1. The molecule has 0 amide bonds. The van der Waals surface area contributed by atoms with Crippen molar-refractivity contribution in [1.82, 2.24) is 0 Å². The van der Waals surface area contributed by atoms with Crippen LogP contribution in [0, 0.1) is 0 Å². The van der Waals surface area contributed by atoms with Crippen molar-refractivity contribution in [2.75, 3.05) is 6.61 Å². The molecule has 0 bridgehead atoms. The minimum Gasteiger partial charge on any atom is -0.490 e. The summed E-state index contributed by atoms with van der Waals surface area (Å²) in [5.41, 5.74) is 0.718. The topological polar surface area (TPSA) is 38.7 Å². The first kappa shape index (κ1) is 14.1. The molecule has 96 valence electrons. The third-order valence-corrected chi connectivity index (χ3v) is 2.73. The molecule has 1 N–H and O–H groups in total. The maximum atomic E-state index is 9.12. The smallest absolute Gasteiger partial charge is 0.180 e. The summed E-state index contributed by atoms with van der Waals surface area (Å²) in [6.07, 6.45) is 0.968. The molecular formula is C13H19ClO3. The van der Waals surface area contributed by atoms with Gasteiger partial charge in [-0.2, -0.15) is 0 Å². The van der Waals surface area contributed by atoms with E-state index in [1.165, 1.54) is 0 Å². The molecule has 1 aromatic carbocycles. The van der Waals surface area contributed by atoms with Crippen LogP contribution in [0.2, 0.25) is 5.02 Å². The van der Waals surface area contributed by atoms with Gasteiger partial charge in [0, 0.05) is 0 Å². The second kappa shape index (κ2) is 6.72. The second-order valence-corrected chi connectivity index (χ2v) is 4.24. The van der Waals surface area contributed by atoms with Crippen molar-refractivity contribution in [3.8, 4) is 11.5 Å². The van der Waals surface area contributed by atoms with Crippen LogP contribution in [0.25, 0.3) is 0 Å². The molecule has 1 aromatic rings. The molecule has 0 aliphatic rings. The molecule has 0 saturated heterocycles. The molecular weight excluding hydrogens is 240 g/mol. The number of halogens is 1. The molecule has 0 saturated carbocycles. The maximum absolute atomic E-state index is 9.12. The van der Waals surface area contributed by atoms with Crippen LogP contribution in [0.1, 0.15) is 32.8 Å². The van der Waals surface area contributed by atoms with E-state index in [0.29, 0.717) is 23.1 Å². The Bertz CT molecular complexity index is 366. The molecule has 4 heteroatoms. The summed E-state index contributed by atoms with van der Waals surface area (Å²) in [7, 11) is 0. The number of aliphatic hydroxyl groups excluding tert-OH is 1. The normalized spacial score (nSPS) is 12.3. The summed E-state index contributed by atoms with van der Waals surface area (Å²) in [5, 5.41) is 9.59. The van der Waals surface area contributed by atoms with Crippen molar-refractivity contribution in [2.24, 2.45) is 0 Å². The van der Waals surface area contributed by atoms with Gasteiger partial charge in [0.1, 0.15) is 0 Å². The highest BCUT2D eigenvalue weighted by molar-refractivity contribution is 6.32. The van der Waals surface area contributed by atoms with Gasteiger partial charge in [-0.1, -0.05) is 18.5 Å². The van der Waals surface area contributed by atoms with Gasteiger partial charge in [-0.05, 0) is 38.0 Å². The minimum atomic E-state index is -0.0661. The van der Waals surface area contributed by atoms with E-state index in [1.54, 1.807) is 12.1 Å². The third kappa shape index (κ3) is 3.79. The van der Waals surface area contributed by atoms with Crippen molar-refractivity contribution in [1.29, 1.82) is 0 Å². The van der Waals surface area contributed by atoms with Crippen molar-refractivity contribution in [2.45, 2.75) is 39.9 Å². The van der Waals surface area contributed by atoms with Gasteiger partial charge in [0.2, 0.25) is 0 Å². The number of ether oxygens (including phenoxy) is 2. The first-order valence-electron chi connectivity index (χ1n) is 5.85. The first-order valence-corrected chi connectivity index (χ1v) is 6.22. The lowest BCUT2D eigenvalue weighted by molar-refractivity contribution is 0.203. The Hall–Kier alpha value is -0.930. The van der Waals surface area contributed by atoms with E-state index in [0.717, 1.165) is 12.0 Å². The highest BCUT2D eigenvalue weighted by atomic mass is 35.5. The summed E-state index contributed by atoms with van der Waals surface area (Å²) in [6.45, 7) is 6.38. The summed E-state index contributed by atoms with van der Waals surface area (Å²) in [4.78, 5) is 0. The summed E-state index contributed by atoms with van der Waals surface area (Å²) in [6, 6.07) is 3.45. The zero-order valence-corrected chi connectivity index (χ0v) is 11.3. The van der Waals surface area contributed by atoms with E-state index in [-0.39, 0.29) is 12.7 Å². The van der Waals surface area contributed by atoms with E-state index in [4.69, 9.17) is 26.2 Å². The largest absolute Gasteiger partial charge is 0.490 e. The van der Waals surface area contributed by atoms with Crippen molar-refractivity contribution in [3.05, 3.63) is 22.7 Å². The van der Waals surface area contributed by atoms with Crippen molar-refractivity contribution >= 4 is 11.6 Å². The monoisotopic (exact) mass is 258 g/mol. The van der Waals surface area contributed by atoms with E-state index in [9.17, 15) is 0 Å². The van der Waals surface area contributed by atoms with Crippen LogP contribution in [0.4, 0.5) is 0 Å². The maximum Gasteiger partial charge on any atom is 0.180 e. The van der Waals surface area contributed by atoms with Crippen LogP contribution in [-0.4, -0.2) is 17.8 Å². The van der Waals surface area contributed by atoms with E-state index >= 15 is 0 Å². The Morgan fingerprint density at radius 2 is 2.06 bits per heavy atom. The highest BCUT2D eigenvalue weighted by Crippen LogP contribution is 2.37. The molecule has 0 radical (unpaired) electrons. The molecule has 0 unspecified atom stereocenters. The van der Waals surface area contributed by atoms with E-state index in [2.05, 4.69) is 0 Å². The van der Waals surface area contributed by atoms with Crippen LogP contribution >= 0.6 is 11.6 Å². The number of rotatable bonds is 6. The standard InChI is InChI=1S/C13H19ClO3/c1-4-9(3)17-13-11(14)6-10(8-15)7-12(13)16-5-2/h6-7,9,15H,4-5,8H2,1-3H3/t9-/m1/s1. The summed E-state index contributed by atoms with van der Waals surface area (Å²) in [5.74, 6) is 1.14. The van der Waals surface area contributed by atoms with E-state index in [1.807, 2.05) is 20.8 Å². The number of hydrogen-bond acceptors (Lipinski definition) is 3. The molecule has 0 aliphatic carbocycles. The average Bonchev–Trinajstić information content (AvgIpc) is 2.33. The molecule has 0 heterocycles. The SMILES string of the molecule is CCOc1cc(CO)cc(Cl)c1O[C@H](C)CC. The first-order chi connectivity index (χ1) is 8.12. The average molecular weight is 259 g/mol. The van der Waals surface area contributed by atoms with E-state index < -0.39 is 0 Å². The van der Waals surface area contributed by atoms with Gasteiger partial charge < -0.3 is 14.6 Å².